The Hall–Kier alpha value is -2.93. The summed E-state index contributed by atoms with van der Waals surface area (Å²) in [6.45, 7) is 0.655. The molecule has 0 aliphatic carbocycles. The number of cyclic esters (lactones) is 1. The molecule has 0 radical (unpaired) electrons. The molecule has 0 unspecified atom stereocenters. The Morgan fingerprint density at radius 2 is 1.56 bits per heavy atom. The minimum Gasteiger partial charge on any atom is -0.465 e. The lowest BCUT2D eigenvalue weighted by Gasteiger charge is -2.21. The molecule has 5 rings (SSSR count). The van der Waals surface area contributed by atoms with E-state index in [-0.39, 0.29) is 32.1 Å². The van der Waals surface area contributed by atoms with Gasteiger partial charge < -0.3 is 28.8 Å². The van der Waals surface area contributed by atoms with Crippen LogP contribution in [0.2, 0.25) is 0 Å². The zero-order valence-electron chi connectivity index (χ0n) is 14.4. The highest BCUT2D eigenvalue weighted by Gasteiger charge is 2.42. The molecule has 3 aliphatic rings. The largest absolute Gasteiger partial charge is 0.465 e. The number of hydrogen-bond donors (Lipinski definition) is 1. The number of carbonyl (C=O) groups is 1. The number of ether oxygens (including phenoxy) is 5. The van der Waals surface area contributed by atoms with Crippen LogP contribution in [0.5, 0.6) is 23.0 Å². The van der Waals surface area contributed by atoms with Crippen molar-refractivity contribution in [2.75, 3.05) is 20.2 Å². The third-order valence-electron chi connectivity index (χ3n) is 5.23. The quantitative estimate of drug-likeness (QED) is 0.826. The highest BCUT2D eigenvalue weighted by molar-refractivity contribution is 5.76. The van der Waals surface area contributed by atoms with Crippen molar-refractivity contribution in [3.8, 4) is 23.0 Å². The Balaban J connectivity index is 1.37. The van der Waals surface area contributed by atoms with Gasteiger partial charge in [0.1, 0.15) is 0 Å². The molecule has 0 amide bonds. The van der Waals surface area contributed by atoms with E-state index in [0.29, 0.717) is 29.2 Å². The van der Waals surface area contributed by atoms with Crippen LogP contribution in [0.3, 0.4) is 0 Å². The van der Waals surface area contributed by atoms with Gasteiger partial charge in [-0.3, -0.25) is 4.79 Å². The average Bonchev–Trinajstić information content (AvgIpc) is 3.40. The number of aliphatic hydroxyl groups is 1. The van der Waals surface area contributed by atoms with Gasteiger partial charge in [0, 0.05) is 5.92 Å². The molecule has 1 N–H and O–H groups in total. The molecular formula is C20H18O7. The fourth-order valence-corrected chi connectivity index (χ4v) is 3.83. The average molecular weight is 370 g/mol. The van der Waals surface area contributed by atoms with Gasteiger partial charge in [-0.2, -0.15) is 0 Å². The third kappa shape index (κ3) is 2.84. The summed E-state index contributed by atoms with van der Waals surface area (Å²) in [4.78, 5) is 12.3. The first-order chi connectivity index (χ1) is 13.2. The van der Waals surface area contributed by atoms with Crippen molar-refractivity contribution in [2.45, 2.75) is 12.5 Å². The lowest BCUT2D eigenvalue weighted by atomic mass is 9.83. The molecule has 2 aromatic carbocycles. The molecule has 0 spiro atoms. The molecule has 0 aromatic heterocycles. The molecule has 0 bridgehead atoms. The highest BCUT2D eigenvalue weighted by atomic mass is 16.7. The standard InChI is InChI=1S/C20H18O7/c21-19(12-2-4-15-17(7-12)27-10-25-15)18-13(8-23-20(18)22)5-11-1-3-14-16(6-11)26-9-24-14/h1-4,6-7,13,18-19,21H,5,8-10H2/t13-,18-,19+/m0/s1. The van der Waals surface area contributed by atoms with Crippen molar-refractivity contribution in [1.29, 1.82) is 0 Å². The number of carbonyl (C=O) groups excluding carboxylic acids is 1. The maximum Gasteiger partial charge on any atom is 0.312 e. The summed E-state index contributed by atoms with van der Waals surface area (Å²) in [6.07, 6.45) is -0.386. The van der Waals surface area contributed by atoms with E-state index >= 15 is 0 Å². The van der Waals surface area contributed by atoms with Crippen molar-refractivity contribution in [2.24, 2.45) is 11.8 Å². The maximum atomic E-state index is 12.3. The smallest absolute Gasteiger partial charge is 0.312 e. The Labute approximate surface area is 155 Å². The van der Waals surface area contributed by atoms with Gasteiger partial charge in [0.15, 0.2) is 23.0 Å². The van der Waals surface area contributed by atoms with E-state index in [4.69, 9.17) is 23.7 Å². The molecule has 3 heterocycles. The number of benzene rings is 2. The Morgan fingerprint density at radius 3 is 2.33 bits per heavy atom. The molecule has 0 saturated carbocycles. The van der Waals surface area contributed by atoms with Crippen LogP contribution in [0.4, 0.5) is 0 Å². The van der Waals surface area contributed by atoms with E-state index in [1.54, 1.807) is 18.2 Å². The van der Waals surface area contributed by atoms with Crippen molar-refractivity contribution in [1.82, 2.24) is 0 Å². The van der Waals surface area contributed by atoms with Crippen molar-refractivity contribution in [3.05, 3.63) is 47.5 Å². The minimum atomic E-state index is -0.978. The summed E-state index contributed by atoms with van der Waals surface area (Å²) in [5, 5.41) is 10.9. The number of hydrogen-bond acceptors (Lipinski definition) is 7. The van der Waals surface area contributed by atoms with Crippen LogP contribution in [-0.4, -0.2) is 31.3 Å². The van der Waals surface area contributed by atoms with Gasteiger partial charge in [-0.1, -0.05) is 12.1 Å². The van der Waals surface area contributed by atoms with E-state index in [0.717, 1.165) is 11.3 Å². The van der Waals surface area contributed by atoms with Crippen LogP contribution in [-0.2, 0) is 16.0 Å². The maximum absolute atomic E-state index is 12.3. The molecule has 140 valence electrons. The zero-order valence-corrected chi connectivity index (χ0v) is 14.4. The number of aliphatic hydroxyl groups excluding tert-OH is 1. The molecule has 1 fully saturated rings. The second-order valence-electron chi connectivity index (χ2n) is 6.87. The summed E-state index contributed by atoms with van der Waals surface area (Å²) >= 11 is 0. The van der Waals surface area contributed by atoms with E-state index in [9.17, 15) is 9.90 Å². The summed E-state index contributed by atoms with van der Waals surface area (Å²) < 4.78 is 26.7. The van der Waals surface area contributed by atoms with Gasteiger partial charge in [-0.05, 0) is 41.8 Å². The zero-order chi connectivity index (χ0) is 18.4. The van der Waals surface area contributed by atoms with Crippen LogP contribution >= 0.6 is 0 Å². The van der Waals surface area contributed by atoms with Crippen LogP contribution in [0, 0.1) is 11.8 Å². The van der Waals surface area contributed by atoms with Crippen molar-refractivity contribution in [3.63, 3.8) is 0 Å². The lowest BCUT2D eigenvalue weighted by molar-refractivity contribution is -0.144. The third-order valence-corrected chi connectivity index (χ3v) is 5.23. The van der Waals surface area contributed by atoms with Crippen LogP contribution < -0.4 is 18.9 Å². The monoisotopic (exact) mass is 370 g/mol. The summed E-state index contributed by atoms with van der Waals surface area (Å²) in [6, 6.07) is 10.9. The number of esters is 1. The van der Waals surface area contributed by atoms with Crippen molar-refractivity contribution < 1.29 is 33.6 Å². The first-order valence-electron chi connectivity index (χ1n) is 8.82. The Morgan fingerprint density at radius 1 is 0.889 bits per heavy atom. The van der Waals surface area contributed by atoms with Crippen LogP contribution in [0.1, 0.15) is 17.2 Å². The number of rotatable bonds is 4. The van der Waals surface area contributed by atoms with Gasteiger partial charge in [-0.25, -0.2) is 0 Å². The van der Waals surface area contributed by atoms with E-state index in [1.807, 2.05) is 18.2 Å². The Bertz CT molecular complexity index is 894. The molecule has 27 heavy (non-hydrogen) atoms. The fourth-order valence-electron chi connectivity index (χ4n) is 3.83. The van der Waals surface area contributed by atoms with Crippen LogP contribution in [0.15, 0.2) is 36.4 Å². The first kappa shape index (κ1) is 16.3. The first-order valence-corrected chi connectivity index (χ1v) is 8.82. The molecular weight excluding hydrogens is 352 g/mol. The summed E-state index contributed by atoms with van der Waals surface area (Å²) in [5.41, 5.74) is 1.62. The highest BCUT2D eigenvalue weighted by Crippen LogP contribution is 2.41. The predicted octanol–water partition coefficient (Wildman–Crippen LogP) is 2.21. The van der Waals surface area contributed by atoms with E-state index in [1.165, 1.54) is 0 Å². The summed E-state index contributed by atoms with van der Waals surface area (Å²) in [7, 11) is 0. The predicted molar refractivity (Wildman–Crippen MR) is 91.7 cm³/mol. The van der Waals surface area contributed by atoms with Crippen LogP contribution in [0.25, 0.3) is 0 Å². The fraction of sp³-hybridized carbons (Fsp3) is 0.350. The van der Waals surface area contributed by atoms with Gasteiger partial charge in [0.2, 0.25) is 13.6 Å². The van der Waals surface area contributed by atoms with Gasteiger partial charge in [-0.15, -0.1) is 0 Å². The topological polar surface area (TPSA) is 83.5 Å². The summed E-state index contributed by atoms with van der Waals surface area (Å²) in [5.74, 6) is 1.46. The second kappa shape index (κ2) is 6.35. The second-order valence-corrected chi connectivity index (χ2v) is 6.87. The van der Waals surface area contributed by atoms with E-state index in [2.05, 4.69) is 0 Å². The van der Waals surface area contributed by atoms with Gasteiger partial charge in [0.25, 0.3) is 0 Å². The SMILES string of the molecule is O=C1OC[C@H](Cc2ccc3c(c2)OCO3)[C@H]1[C@H](O)c1ccc2c(c1)OCO2. The van der Waals surface area contributed by atoms with Crippen molar-refractivity contribution >= 4 is 5.97 Å². The van der Waals surface area contributed by atoms with Gasteiger partial charge in [0.05, 0.1) is 18.6 Å². The van der Waals surface area contributed by atoms with Gasteiger partial charge >= 0.3 is 5.97 Å². The Kier molecular flexibility index (Phi) is 3.82. The van der Waals surface area contributed by atoms with E-state index < -0.39 is 12.0 Å². The molecule has 7 nitrogen and oxygen atoms in total. The molecule has 3 atom stereocenters. The minimum absolute atomic E-state index is 0.140. The molecule has 2 aromatic rings. The lowest BCUT2D eigenvalue weighted by Crippen LogP contribution is -2.25. The normalized spacial score (nSPS) is 23.4. The molecule has 3 aliphatic heterocycles. The molecule has 7 heteroatoms. The number of fused-ring (bicyclic) bond motifs is 2. The molecule has 1 saturated heterocycles.